The van der Waals surface area contributed by atoms with Gasteiger partial charge in [-0.1, -0.05) is 17.7 Å². The molecule has 1 aromatic carbocycles. The second kappa shape index (κ2) is 7.13. The number of fused-ring (bicyclic) bond motifs is 1. The Labute approximate surface area is 160 Å². The third-order valence-corrected chi connectivity index (χ3v) is 7.47. The van der Waals surface area contributed by atoms with E-state index in [4.69, 9.17) is 0 Å². The van der Waals surface area contributed by atoms with Gasteiger partial charge in [0.25, 0.3) is 15.9 Å². The molecule has 0 radical (unpaired) electrons. The Morgan fingerprint density at radius 3 is 2.30 bits per heavy atom. The molecule has 1 N–H and O–H groups in total. The van der Waals surface area contributed by atoms with E-state index in [0.29, 0.717) is 17.4 Å². The summed E-state index contributed by atoms with van der Waals surface area (Å²) in [6.07, 6.45) is 4.90. The number of amides is 1. The van der Waals surface area contributed by atoms with Crippen molar-refractivity contribution in [3.63, 3.8) is 0 Å². The molecule has 3 heterocycles. The lowest BCUT2D eigenvalue weighted by molar-refractivity contribution is 0.0758. The molecule has 27 heavy (non-hydrogen) atoms. The van der Waals surface area contributed by atoms with Crippen LogP contribution in [-0.2, 0) is 10.0 Å². The molecule has 0 aliphatic carbocycles. The Bertz CT molecular complexity index is 920. The van der Waals surface area contributed by atoms with Crippen LogP contribution in [0.3, 0.4) is 0 Å². The van der Waals surface area contributed by atoms with Gasteiger partial charge in [-0.15, -0.1) is 0 Å². The number of hydrogen-bond donors (Lipinski definition) is 1. The molecule has 4 rings (SSSR count). The van der Waals surface area contributed by atoms with Crippen LogP contribution >= 0.6 is 0 Å². The first-order chi connectivity index (χ1) is 12.9. The van der Waals surface area contributed by atoms with E-state index in [1.54, 1.807) is 30.3 Å². The third kappa shape index (κ3) is 3.53. The zero-order valence-corrected chi connectivity index (χ0v) is 16.3. The molecule has 2 aliphatic heterocycles. The summed E-state index contributed by atoms with van der Waals surface area (Å²) in [7, 11) is -3.68. The minimum Gasteiger partial charge on any atom is -0.339 e. The smallest absolute Gasteiger partial charge is 0.267 e. The van der Waals surface area contributed by atoms with E-state index in [1.807, 2.05) is 11.8 Å². The van der Waals surface area contributed by atoms with Gasteiger partial charge in [0.2, 0.25) is 0 Å². The maximum absolute atomic E-state index is 12.9. The van der Waals surface area contributed by atoms with Crippen molar-refractivity contribution in [1.82, 2.24) is 14.2 Å². The van der Waals surface area contributed by atoms with Gasteiger partial charge in [-0.25, -0.2) is 12.4 Å². The molecule has 6 nitrogen and oxygen atoms in total. The van der Waals surface area contributed by atoms with Crippen molar-refractivity contribution in [3.8, 4) is 0 Å². The maximum Gasteiger partial charge on any atom is 0.267 e. The normalized spacial score (nSPS) is 23.1. The number of nitrogens with one attached hydrogen (secondary N) is 1. The lowest BCUT2D eigenvalue weighted by atomic mass is 9.92. The van der Waals surface area contributed by atoms with E-state index in [1.165, 1.54) is 12.4 Å². The summed E-state index contributed by atoms with van der Waals surface area (Å²) < 4.78 is 26.7. The number of nitrogens with zero attached hydrogens (tertiary/aromatic N) is 2. The molecule has 0 unspecified atom stereocenters. The van der Waals surface area contributed by atoms with Gasteiger partial charge >= 0.3 is 0 Å². The Kier molecular flexibility index (Phi) is 4.82. The Morgan fingerprint density at radius 2 is 1.67 bits per heavy atom. The van der Waals surface area contributed by atoms with E-state index >= 15 is 0 Å². The molecule has 2 aliphatic rings. The summed E-state index contributed by atoms with van der Waals surface area (Å²) in [5.41, 5.74) is 1.43. The van der Waals surface area contributed by atoms with E-state index in [0.717, 1.165) is 48.6 Å². The highest BCUT2D eigenvalue weighted by Crippen LogP contribution is 2.28. The fourth-order valence-electron chi connectivity index (χ4n) is 4.09. The van der Waals surface area contributed by atoms with Crippen molar-refractivity contribution in [2.24, 2.45) is 11.8 Å². The number of aryl methyl sites for hydroxylation is 1. The SMILES string of the molecule is Cc1ccc(S(=O)(=O)n2ccc(C(=O)N3CC[C@@H]4CNC[C@@H]4CC3)c2)cc1. The van der Waals surface area contributed by atoms with Crippen molar-refractivity contribution >= 4 is 15.9 Å². The highest BCUT2D eigenvalue weighted by Gasteiger charge is 2.32. The van der Waals surface area contributed by atoms with Gasteiger partial charge in [-0.05, 0) is 62.9 Å². The fourth-order valence-corrected chi connectivity index (χ4v) is 5.29. The lowest BCUT2D eigenvalue weighted by Gasteiger charge is -2.20. The van der Waals surface area contributed by atoms with Crippen LogP contribution in [-0.4, -0.2) is 49.4 Å². The van der Waals surface area contributed by atoms with Crippen molar-refractivity contribution < 1.29 is 13.2 Å². The molecule has 0 bridgehead atoms. The number of carbonyl (C=O) groups is 1. The average Bonchev–Trinajstić information content (AvgIpc) is 3.28. The highest BCUT2D eigenvalue weighted by molar-refractivity contribution is 7.90. The van der Waals surface area contributed by atoms with Gasteiger partial charge < -0.3 is 10.2 Å². The molecule has 0 saturated carbocycles. The maximum atomic E-state index is 12.9. The van der Waals surface area contributed by atoms with Crippen LogP contribution in [0.1, 0.15) is 28.8 Å². The molecule has 0 spiro atoms. The molecule has 2 fully saturated rings. The van der Waals surface area contributed by atoms with Gasteiger partial charge in [0.1, 0.15) is 0 Å². The van der Waals surface area contributed by atoms with Gasteiger partial charge in [0.05, 0.1) is 10.5 Å². The Morgan fingerprint density at radius 1 is 1.04 bits per heavy atom. The standard InChI is InChI=1S/C20H25N3O3S/c1-15-2-4-19(5-3-15)27(25,26)23-11-8-18(14-23)20(24)22-9-6-16-12-21-13-17(16)7-10-22/h2-5,8,11,14,16-17,21H,6-7,9-10,12-13H2,1H3/t16-,17+. The first-order valence-corrected chi connectivity index (χ1v) is 10.9. The molecule has 2 atom stereocenters. The van der Waals surface area contributed by atoms with Crippen LogP contribution in [0.15, 0.2) is 47.6 Å². The number of hydrogen-bond acceptors (Lipinski definition) is 4. The molecular formula is C20H25N3O3S. The number of rotatable bonds is 3. The molecule has 2 saturated heterocycles. The van der Waals surface area contributed by atoms with Crippen molar-refractivity contribution in [1.29, 1.82) is 0 Å². The summed E-state index contributed by atoms with van der Waals surface area (Å²) in [5, 5.41) is 3.43. The molecule has 144 valence electrons. The largest absolute Gasteiger partial charge is 0.339 e. The minimum absolute atomic E-state index is 0.0826. The molecular weight excluding hydrogens is 362 g/mol. The molecule has 7 heteroatoms. The zero-order chi connectivity index (χ0) is 19.0. The van der Waals surface area contributed by atoms with Crippen LogP contribution < -0.4 is 5.32 Å². The zero-order valence-electron chi connectivity index (χ0n) is 15.5. The topological polar surface area (TPSA) is 71.4 Å². The van der Waals surface area contributed by atoms with E-state index < -0.39 is 10.0 Å². The quantitative estimate of drug-likeness (QED) is 0.876. The minimum atomic E-state index is -3.68. The van der Waals surface area contributed by atoms with Gasteiger partial charge in [-0.3, -0.25) is 4.79 Å². The Hall–Kier alpha value is -2.12. The van der Waals surface area contributed by atoms with Crippen LogP contribution in [0.4, 0.5) is 0 Å². The summed E-state index contributed by atoms with van der Waals surface area (Å²) in [6.45, 7) is 5.46. The second-order valence-electron chi connectivity index (χ2n) is 7.60. The van der Waals surface area contributed by atoms with Crippen LogP contribution in [0.2, 0.25) is 0 Å². The average molecular weight is 388 g/mol. The van der Waals surface area contributed by atoms with E-state index in [-0.39, 0.29) is 10.8 Å². The van der Waals surface area contributed by atoms with Crippen LogP contribution in [0.5, 0.6) is 0 Å². The first kappa shape index (κ1) is 18.3. The fraction of sp³-hybridized carbons (Fsp3) is 0.450. The second-order valence-corrected chi connectivity index (χ2v) is 9.44. The summed E-state index contributed by atoms with van der Waals surface area (Å²) in [5.74, 6) is 1.21. The monoisotopic (exact) mass is 387 g/mol. The molecule has 2 aromatic rings. The van der Waals surface area contributed by atoms with E-state index in [9.17, 15) is 13.2 Å². The predicted molar refractivity (Wildman–Crippen MR) is 103 cm³/mol. The number of carbonyl (C=O) groups excluding carboxylic acids is 1. The van der Waals surface area contributed by atoms with Gasteiger partial charge in [0, 0.05) is 25.5 Å². The number of likely N-dealkylation sites (tertiary alicyclic amines) is 1. The molecule has 1 aromatic heterocycles. The summed E-state index contributed by atoms with van der Waals surface area (Å²) in [6, 6.07) is 8.32. The number of aromatic nitrogens is 1. The van der Waals surface area contributed by atoms with Gasteiger partial charge in [-0.2, -0.15) is 0 Å². The first-order valence-electron chi connectivity index (χ1n) is 9.45. The molecule has 1 amide bonds. The third-order valence-electron chi connectivity index (χ3n) is 5.82. The highest BCUT2D eigenvalue weighted by atomic mass is 32.2. The van der Waals surface area contributed by atoms with Crippen molar-refractivity contribution in [2.75, 3.05) is 26.2 Å². The summed E-state index contributed by atoms with van der Waals surface area (Å²) in [4.78, 5) is 15.0. The van der Waals surface area contributed by atoms with E-state index in [2.05, 4.69) is 5.32 Å². The van der Waals surface area contributed by atoms with Gasteiger partial charge in [0.15, 0.2) is 0 Å². The van der Waals surface area contributed by atoms with Crippen LogP contribution in [0.25, 0.3) is 0 Å². The van der Waals surface area contributed by atoms with Crippen LogP contribution in [0, 0.1) is 18.8 Å². The summed E-state index contributed by atoms with van der Waals surface area (Å²) >= 11 is 0. The lowest BCUT2D eigenvalue weighted by Crippen LogP contribution is -2.32. The predicted octanol–water partition coefficient (Wildman–Crippen LogP) is 2.11. The van der Waals surface area contributed by atoms with Crippen molar-refractivity contribution in [2.45, 2.75) is 24.7 Å². The van der Waals surface area contributed by atoms with Crippen molar-refractivity contribution in [3.05, 3.63) is 53.9 Å². The Balaban J connectivity index is 1.51. The number of benzene rings is 1.